The Morgan fingerprint density at radius 3 is 2.89 bits per heavy atom. The smallest absolute Gasteiger partial charge is 0.261 e. The van der Waals surface area contributed by atoms with E-state index in [9.17, 15) is 9.18 Å². The molecule has 1 aromatic heterocycles. The molecule has 1 N–H and O–H groups in total. The number of methoxy groups -OCH3 is 1. The fourth-order valence-corrected chi connectivity index (χ4v) is 3.18. The topological polar surface area (TPSA) is 38.3 Å². The van der Waals surface area contributed by atoms with Crippen LogP contribution in [0.15, 0.2) is 18.2 Å². The Kier molecular flexibility index (Phi) is 4.17. The van der Waals surface area contributed by atoms with Crippen LogP contribution in [0.25, 0.3) is 10.1 Å². The minimum absolute atomic E-state index is 0.0769. The number of carbonyl (C=O) groups excluding carboxylic acids is 1. The van der Waals surface area contributed by atoms with Gasteiger partial charge in [-0.25, -0.2) is 4.39 Å². The summed E-state index contributed by atoms with van der Waals surface area (Å²) in [5.74, 6) is -0.460. The number of amides is 1. The van der Waals surface area contributed by atoms with Crippen LogP contribution in [-0.4, -0.2) is 25.7 Å². The molecule has 1 amide bonds. The maximum absolute atomic E-state index is 13.8. The van der Waals surface area contributed by atoms with Gasteiger partial charge in [0.05, 0.1) is 11.5 Å². The third-order valence-corrected chi connectivity index (χ3v) is 4.16. The first-order valence-electron chi connectivity index (χ1n) is 6.02. The summed E-state index contributed by atoms with van der Waals surface area (Å²) in [6.45, 7) is 4.09. The molecule has 0 fully saturated rings. The summed E-state index contributed by atoms with van der Waals surface area (Å²) >= 11 is 1.31. The standard InChI is InChI=1S/C14H16FNO2S/c1-8(7-18-3)16-14(17)13-9(2)12-10(15)5-4-6-11(12)19-13/h4-6,8H,7H2,1-3H3,(H,16,17). The first-order valence-corrected chi connectivity index (χ1v) is 6.83. The van der Waals surface area contributed by atoms with Gasteiger partial charge in [0, 0.05) is 23.2 Å². The lowest BCUT2D eigenvalue weighted by Gasteiger charge is -2.12. The van der Waals surface area contributed by atoms with Gasteiger partial charge in [0.25, 0.3) is 5.91 Å². The Morgan fingerprint density at radius 1 is 1.53 bits per heavy atom. The van der Waals surface area contributed by atoms with Gasteiger partial charge in [-0.3, -0.25) is 4.79 Å². The second kappa shape index (κ2) is 5.67. The van der Waals surface area contributed by atoms with E-state index in [0.717, 1.165) is 4.70 Å². The second-order valence-corrected chi connectivity index (χ2v) is 5.55. The molecule has 2 aromatic rings. The van der Waals surface area contributed by atoms with Crippen LogP contribution in [0.5, 0.6) is 0 Å². The molecule has 0 radical (unpaired) electrons. The van der Waals surface area contributed by atoms with E-state index in [4.69, 9.17) is 4.74 Å². The number of hydrogen-bond acceptors (Lipinski definition) is 3. The van der Waals surface area contributed by atoms with Crippen LogP contribution in [-0.2, 0) is 4.74 Å². The SMILES string of the molecule is COCC(C)NC(=O)c1sc2cccc(F)c2c1C. The number of halogens is 1. The number of benzene rings is 1. The highest BCUT2D eigenvalue weighted by molar-refractivity contribution is 7.21. The Labute approximate surface area is 115 Å². The first kappa shape index (κ1) is 14.0. The van der Waals surface area contributed by atoms with Crippen molar-refractivity contribution < 1.29 is 13.9 Å². The molecule has 1 unspecified atom stereocenters. The van der Waals surface area contributed by atoms with E-state index in [2.05, 4.69) is 5.32 Å². The molecule has 0 spiro atoms. The van der Waals surface area contributed by atoms with Crippen molar-refractivity contribution in [3.05, 3.63) is 34.5 Å². The van der Waals surface area contributed by atoms with Gasteiger partial charge in [0.1, 0.15) is 5.82 Å². The Morgan fingerprint density at radius 2 is 2.26 bits per heavy atom. The quantitative estimate of drug-likeness (QED) is 0.935. The lowest BCUT2D eigenvalue weighted by Crippen LogP contribution is -2.35. The highest BCUT2D eigenvalue weighted by Gasteiger charge is 2.18. The number of carbonyl (C=O) groups is 1. The van der Waals surface area contributed by atoms with E-state index in [0.29, 0.717) is 22.4 Å². The van der Waals surface area contributed by atoms with Crippen molar-refractivity contribution in [1.29, 1.82) is 0 Å². The molecule has 3 nitrogen and oxygen atoms in total. The number of ether oxygens (including phenoxy) is 1. The number of nitrogens with one attached hydrogen (secondary N) is 1. The Bertz CT molecular complexity index is 609. The van der Waals surface area contributed by atoms with E-state index < -0.39 is 0 Å². The number of hydrogen-bond donors (Lipinski definition) is 1. The van der Waals surface area contributed by atoms with Crippen molar-refractivity contribution in [1.82, 2.24) is 5.32 Å². The fourth-order valence-electron chi connectivity index (χ4n) is 2.05. The highest BCUT2D eigenvalue weighted by atomic mass is 32.1. The molecule has 0 aliphatic heterocycles. The van der Waals surface area contributed by atoms with Crippen LogP contribution in [0, 0.1) is 12.7 Å². The first-order chi connectivity index (χ1) is 9.04. The zero-order valence-corrected chi connectivity index (χ0v) is 11.9. The number of rotatable bonds is 4. The van der Waals surface area contributed by atoms with Gasteiger partial charge in [-0.2, -0.15) is 0 Å². The van der Waals surface area contributed by atoms with Gasteiger partial charge in [0.2, 0.25) is 0 Å². The zero-order chi connectivity index (χ0) is 14.0. The molecule has 0 saturated heterocycles. The number of thiophene rings is 1. The molecule has 1 aromatic carbocycles. The maximum atomic E-state index is 13.8. The van der Waals surface area contributed by atoms with E-state index in [-0.39, 0.29) is 17.8 Å². The van der Waals surface area contributed by atoms with Gasteiger partial charge in [-0.1, -0.05) is 6.07 Å². The molecule has 0 bridgehead atoms. The van der Waals surface area contributed by atoms with Crippen LogP contribution >= 0.6 is 11.3 Å². The van der Waals surface area contributed by atoms with Gasteiger partial charge in [0.15, 0.2) is 0 Å². The lowest BCUT2D eigenvalue weighted by molar-refractivity contribution is 0.0909. The number of aryl methyl sites for hydroxylation is 1. The summed E-state index contributed by atoms with van der Waals surface area (Å²) in [6, 6.07) is 4.82. The van der Waals surface area contributed by atoms with Crippen molar-refractivity contribution in [2.45, 2.75) is 19.9 Å². The summed E-state index contributed by atoms with van der Waals surface area (Å²) in [5, 5.41) is 3.38. The third kappa shape index (κ3) is 2.77. The minimum Gasteiger partial charge on any atom is -0.383 e. The second-order valence-electron chi connectivity index (χ2n) is 4.50. The molecule has 0 aliphatic rings. The molecule has 19 heavy (non-hydrogen) atoms. The Balaban J connectivity index is 2.33. The van der Waals surface area contributed by atoms with Crippen LogP contribution in [0.2, 0.25) is 0 Å². The highest BCUT2D eigenvalue weighted by Crippen LogP contribution is 2.32. The molecule has 0 saturated carbocycles. The largest absolute Gasteiger partial charge is 0.383 e. The van der Waals surface area contributed by atoms with Gasteiger partial charge < -0.3 is 10.1 Å². The van der Waals surface area contributed by atoms with Crippen LogP contribution in [0.3, 0.4) is 0 Å². The van der Waals surface area contributed by atoms with Crippen molar-refractivity contribution in [2.75, 3.05) is 13.7 Å². The fraction of sp³-hybridized carbons (Fsp3) is 0.357. The Hall–Kier alpha value is -1.46. The van der Waals surface area contributed by atoms with Crippen LogP contribution in [0.4, 0.5) is 4.39 Å². The van der Waals surface area contributed by atoms with Gasteiger partial charge >= 0.3 is 0 Å². The predicted molar refractivity (Wildman–Crippen MR) is 75.3 cm³/mol. The van der Waals surface area contributed by atoms with Gasteiger partial charge in [-0.15, -0.1) is 11.3 Å². The van der Waals surface area contributed by atoms with E-state index in [1.54, 1.807) is 20.1 Å². The zero-order valence-electron chi connectivity index (χ0n) is 11.1. The van der Waals surface area contributed by atoms with Crippen LogP contribution < -0.4 is 5.32 Å². The average Bonchev–Trinajstić information content (AvgIpc) is 2.68. The van der Waals surface area contributed by atoms with Crippen LogP contribution in [0.1, 0.15) is 22.2 Å². The summed E-state index contributed by atoms with van der Waals surface area (Å²) < 4.78 is 19.5. The molecular weight excluding hydrogens is 265 g/mol. The maximum Gasteiger partial charge on any atom is 0.261 e. The molecule has 2 rings (SSSR count). The summed E-state index contributed by atoms with van der Waals surface area (Å²) in [6.07, 6.45) is 0. The molecule has 0 aliphatic carbocycles. The summed E-state index contributed by atoms with van der Waals surface area (Å²) in [4.78, 5) is 12.7. The average molecular weight is 281 g/mol. The van der Waals surface area contributed by atoms with Crippen molar-refractivity contribution in [2.24, 2.45) is 0 Å². The molecule has 1 atom stereocenters. The normalized spacial score (nSPS) is 12.6. The lowest BCUT2D eigenvalue weighted by atomic mass is 10.1. The van der Waals surface area contributed by atoms with Crippen molar-refractivity contribution in [3.63, 3.8) is 0 Å². The number of fused-ring (bicyclic) bond motifs is 1. The monoisotopic (exact) mass is 281 g/mol. The van der Waals surface area contributed by atoms with E-state index in [1.807, 2.05) is 13.0 Å². The molecule has 102 valence electrons. The van der Waals surface area contributed by atoms with E-state index >= 15 is 0 Å². The van der Waals surface area contributed by atoms with Crippen molar-refractivity contribution >= 4 is 27.3 Å². The predicted octanol–water partition coefficient (Wildman–Crippen LogP) is 3.11. The third-order valence-electron chi connectivity index (χ3n) is 2.90. The van der Waals surface area contributed by atoms with Gasteiger partial charge in [-0.05, 0) is 31.5 Å². The molecule has 5 heteroatoms. The summed E-state index contributed by atoms with van der Waals surface area (Å²) in [5.41, 5.74) is 0.695. The molecular formula is C14H16FNO2S. The molecule has 1 heterocycles. The minimum atomic E-state index is -0.282. The van der Waals surface area contributed by atoms with Crippen molar-refractivity contribution in [3.8, 4) is 0 Å². The van der Waals surface area contributed by atoms with E-state index in [1.165, 1.54) is 17.4 Å². The summed E-state index contributed by atoms with van der Waals surface area (Å²) in [7, 11) is 1.59.